The maximum Gasteiger partial charge on any atom is 0.282 e. The topological polar surface area (TPSA) is 40.6 Å². The minimum absolute atomic E-state index is 0.197. The second kappa shape index (κ2) is 6.54. The quantitative estimate of drug-likeness (QED) is 0.742. The van der Waals surface area contributed by atoms with Gasteiger partial charge in [-0.05, 0) is 43.0 Å². The number of rotatable bonds is 6. The molecular weight excluding hydrogens is 328 g/mol. The molecule has 0 radical (unpaired) electrons. The van der Waals surface area contributed by atoms with Crippen molar-refractivity contribution in [1.82, 2.24) is 8.61 Å². The fraction of sp³-hybridized carbons (Fsp3) is 0.714. The highest BCUT2D eigenvalue weighted by Gasteiger charge is 2.41. The maximum atomic E-state index is 12.9. The molecule has 0 N–H and O–H groups in total. The average Bonchev–Trinajstić information content (AvgIpc) is 3.20. The van der Waals surface area contributed by atoms with Gasteiger partial charge in [-0.3, -0.25) is 0 Å². The molecule has 1 aromatic heterocycles. The normalized spacial score (nSPS) is 22.0. The van der Waals surface area contributed by atoms with Crippen molar-refractivity contribution in [2.24, 2.45) is 5.92 Å². The summed E-state index contributed by atoms with van der Waals surface area (Å²) in [5, 5.41) is 2.00. The molecule has 2 heterocycles. The Bertz CT molecular complexity index is 550. The number of thiophene rings is 1. The van der Waals surface area contributed by atoms with Crippen LogP contribution in [0.4, 0.5) is 0 Å². The Morgan fingerprint density at radius 1 is 1.29 bits per heavy atom. The smallest absolute Gasteiger partial charge is 0.195 e. The summed E-state index contributed by atoms with van der Waals surface area (Å²) in [7, 11) is -3.34. The van der Waals surface area contributed by atoms with Crippen molar-refractivity contribution in [3.8, 4) is 0 Å². The van der Waals surface area contributed by atoms with E-state index < -0.39 is 10.2 Å². The number of piperidine rings is 1. The fourth-order valence-electron chi connectivity index (χ4n) is 2.76. The van der Waals surface area contributed by atoms with Gasteiger partial charge in [-0.2, -0.15) is 17.0 Å². The molecule has 0 unspecified atom stereocenters. The summed E-state index contributed by atoms with van der Waals surface area (Å²) in [4.78, 5) is 1.11. The molecule has 0 spiro atoms. The van der Waals surface area contributed by atoms with Crippen molar-refractivity contribution >= 4 is 33.1 Å². The molecule has 3 rings (SSSR count). The SMILES string of the molecule is O=S(=O)(N1CCC(CCl)CC1)N(Cc1cccs1)C1CC1. The average molecular weight is 349 g/mol. The highest BCUT2D eigenvalue weighted by molar-refractivity contribution is 7.86. The summed E-state index contributed by atoms with van der Waals surface area (Å²) >= 11 is 7.50. The van der Waals surface area contributed by atoms with E-state index in [9.17, 15) is 8.42 Å². The molecule has 0 aromatic carbocycles. The van der Waals surface area contributed by atoms with Gasteiger partial charge in [-0.15, -0.1) is 22.9 Å². The molecule has 21 heavy (non-hydrogen) atoms. The van der Waals surface area contributed by atoms with Crippen LogP contribution in [0.3, 0.4) is 0 Å². The van der Waals surface area contributed by atoms with Gasteiger partial charge >= 0.3 is 0 Å². The van der Waals surface area contributed by atoms with Gasteiger partial charge in [0.15, 0.2) is 0 Å². The third kappa shape index (κ3) is 3.62. The lowest BCUT2D eigenvalue weighted by Gasteiger charge is -2.34. The number of hydrogen-bond acceptors (Lipinski definition) is 3. The first-order valence-corrected chi connectivity index (χ1v) is 10.3. The predicted octanol–water partition coefficient (Wildman–Crippen LogP) is 2.91. The van der Waals surface area contributed by atoms with Gasteiger partial charge < -0.3 is 0 Å². The van der Waals surface area contributed by atoms with E-state index in [0.29, 0.717) is 31.4 Å². The highest BCUT2D eigenvalue weighted by atomic mass is 35.5. The monoisotopic (exact) mass is 348 g/mol. The van der Waals surface area contributed by atoms with E-state index in [1.807, 2.05) is 17.5 Å². The molecule has 0 amide bonds. The van der Waals surface area contributed by atoms with Crippen molar-refractivity contribution < 1.29 is 8.42 Å². The number of halogens is 1. The Hall–Kier alpha value is -0.140. The van der Waals surface area contributed by atoms with Gasteiger partial charge in [-0.25, -0.2) is 0 Å². The second-order valence-corrected chi connectivity index (χ2v) is 9.08. The zero-order chi connectivity index (χ0) is 14.9. The van der Waals surface area contributed by atoms with Gasteiger partial charge in [0.05, 0.1) is 0 Å². The van der Waals surface area contributed by atoms with Crippen molar-refractivity contribution in [3.63, 3.8) is 0 Å². The van der Waals surface area contributed by atoms with Crippen molar-refractivity contribution in [2.75, 3.05) is 19.0 Å². The minimum atomic E-state index is -3.34. The van der Waals surface area contributed by atoms with Crippen LogP contribution < -0.4 is 0 Å². The molecule has 0 bridgehead atoms. The van der Waals surface area contributed by atoms with Gasteiger partial charge in [0, 0.05) is 36.4 Å². The van der Waals surface area contributed by atoms with Crippen molar-refractivity contribution in [3.05, 3.63) is 22.4 Å². The zero-order valence-electron chi connectivity index (χ0n) is 11.9. The first kappa shape index (κ1) is 15.7. The fourth-order valence-corrected chi connectivity index (χ4v) is 5.71. The first-order chi connectivity index (χ1) is 10.1. The molecule has 1 saturated carbocycles. The zero-order valence-corrected chi connectivity index (χ0v) is 14.3. The Balaban J connectivity index is 1.72. The molecule has 4 nitrogen and oxygen atoms in total. The van der Waals surface area contributed by atoms with Crippen LogP contribution in [-0.4, -0.2) is 42.0 Å². The van der Waals surface area contributed by atoms with E-state index in [-0.39, 0.29) is 6.04 Å². The summed E-state index contributed by atoms with van der Waals surface area (Å²) in [6, 6.07) is 4.18. The van der Waals surface area contributed by atoms with Crippen LogP contribution in [0.15, 0.2) is 17.5 Å². The van der Waals surface area contributed by atoms with E-state index >= 15 is 0 Å². The van der Waals surface area contributed by atoms with Crippen LogP contribution in [-0.2, 0) is 16.8 Å². The van der Waals surface area contributed by atoms with Crippen LogP contribution in [0.1, 0.15) is 30.6 Å². The third-order valence-electron chi connectivity index (χ3n) is 4.26. The lowest BCUT2D eigenvalue weighted by molar-refractivity contribution is 0.262. The third-order valence-corrected chi connectivity index (χ3v) is 7.60. The van der Waals surface area contributed by atoms with E-state index in [2.05, 4.69) is 0 Å². The van der Waals surface area contributed by atoms with E-state index in [4.69, 9.17) is 11.6 Å². The summed E-state index contributed by atoms with van der Waals surface area (Å²) in [5.41, 5.74) is 0. The highest BCUT2D eigenvalue weighted by Crippen LogP contribution is 2.34. The Morgan fingerprint density at radius 2 is 2.00 bits per heavy atom. The number of hydrogen-bond donors (Lipinski definition) is 0. The Labute approximate surface area is 135 Å². The van der Waals surface area contributed by atoms with Crippen molar-refractivity contribution in [1.29, 1.82) is 0 Å². The van der Waals surface area contributed by atoms with Crippen LogP contribution in [0.2, 0.25) is 0 Å². The molecular formula is C14H21ClN2O2S2. The van der Waals surface area contributed by atoms with Crippen LogP contribution in [0.5, 0.6) is 0 Å². The van der Waals surface area contributed by atoms with Gasteiger partial charge in [0.25, 0.3) is 10.2 Å². The summed E-state index contributed by atoms with van der Waals surface area (Å²) in [5.74, 6) is 1.10. The standard InChI is InChI=1S/C14H21ClN2O2S2/c15-10-12-5-7-16(8-6-12)21(18,19)17(13-3-4-13)11-14-2-1-9-20-14/h1-2,9,12-13H,3-8,10-11H2. The molecule has 2 fully saturated rings. The molecule has 2 aliphatic rings. The largest absolute Gasteiger partial charge is 0.282 e. The van der Waals surface area contributed by atoms with Gasteiger partial charge in [0.1, 0.15) is 0 Å². The summed E-state index contributed by atoms with van der Waals surface area (Å²) < 4.78 is 29.2. The summed E-state index contributed by atoms with van der Waals surface area (Å²) in [6.45, 7) is 1.72. The first-order valence-electron chi connectivity index (χ1n) is 7.46. The van der Waals surface area contributed by atoms with E-state index in [1.165, 1.54) is 0 Å². The molecule has 1 aliphatic carbocycles. The molecule has 1 aliphatic heterocycles. The molecule has 7 heteroatoms. The van der Waals surface area contributed by atoms with Crippen LogP contribution in [0, 0.1) is 5.92 Å². The molecule has 1 saturated heterocycles. The second-order valence-electron chi connectivity index (χ2n) is 5.86. The van der Waals surface area contributed by atoms with Gasteiger partial charge in [-0.1, -0.05) is 6.07 Å². The summed E-state index contributed by atoms with van der Waals surface area (Å²) in [6.07, 6.45) is 3.73. The lowest BCUT2D eigenvalue weighted by Crippen LogP contribution is -2.47. The Morgan fingerprint density at radius 3 is 2.52 bits per heavy atom. The lowest BCUT2D eigenvalue weighted by atomic mass is 10.0. The Kier molecular flexibility index (Phi) is 4.90. The molecule has 1 aromatic rings. The molecule has 0 atom stereocenters. The maximum absolute atomic E-state index is 12.9. The predicted molar refractivity (Wildman–Crippen MR) is 86.8 cm³/mol. The number of nitrogens with zero attached hydrogens (tertiary/aromatic N) is 2. The minimum Gasteiger partial charge on any atom is -0.195 e. The van der Waals surface area contributed by atoms with E-state index in [1.54, 1.807) is 19.9 Å². The molecule has 118 valence electrons. The van der Waals surface area contributed by atoms with Gasteiger partial charge in [0.2, 0.25) is 0 Å². The van der Waals surface area contributed by atoms with Crippen LogP contribution in [0.25, 0.3) is 0 Å². The van der Waals surface area contributed by atoms with Crippen molar-refractivity contribution in [2.45, 2.75) is 38.3 Å². The number of alkyl halides is 1. The van der Waals surface area contributed by atoms with Crippen LogP contribution >= 0.6 is 22.9 Å². The van der Waals surface area contributed by atoms with E-state index in [0.717, 1.165) is 30.6 Å².